The average Bonchev–Trinajstić information content (AvgIpc) is 2.63. The fourth-order valence-corrected chi connectivity index (χ4v) is 1.20. The molecule has 0 saturated heterocycles. The molecule has 0 aliphatic heterocycles. The molecule has 1 unspecified atom stereocenters. The Balaban J connectivity index is 2.40. The van der Waals surface area contributed by atoms with Gasteiger partial charge in [0, 0.05) is 12.6 Å². The second-order valence-corrected chi connectivity index (χ2v) is 3.29. The van der Waals surface area contributed by atoms with Gasteiger partial charge in [0.2, 0.25) is 5.76 Å². The molecule has 0 aromatic carbocycles. The maximum Gasteiger partial charge on any atom is 0.371 e. The molecule has 1 aromatic heterocycles. The summed E-state index contributed by atoms with van der Waals surface area (Å²) >= 11 is 0. The number of anilines is 1. The maximum absolute atomic E-state index is 10.5. The lowest BCUT2D eigenvalue weighted by molar-refractivity contribution is 0.0663. The lowest BCUT2D eigenvalue weighted by atomic mass is 10.2. The van der Waals surface area contributed by atoms with Crippen LogP contribution in [0.3, 0.4) is 0 Å². The predicted molar refractivity (Wildman–Crippen MR) is 55.1 cm³/mol. The fraction of sp³-hybridized carbons (Fsp3) is 0.500. The number of aliphatic hydroxyl groups excluding tert-OH is 1. The molecule has 1 atom stereocenters. The lowest BCUT2D eigenvalue weighted by Gasteiger charge is -2.09. The molecule has 1 rings (SSSR count). The highest BCUT2D eigenvalue weighted by atomic mass is 16.4. The fourth-order valence-electron chi connectivity index (χ4n) is 1.20. The molecule has 15 heavy (non-hydrogen) atoms. The Hall–Kier alpha value is -1.49. The summed E-state index contributed by atoms with van der Waals surface area (Å²) in [5, 5.41) is 20.8. The first-order valence-corrected chi connectivity index (χ1v) is 4.88. The van der Waals surface area contributed by atoms with Gasteiger partial charge in [-0.25, -0.2) is 4.79 Å². The van der Waals surface area contributed by atoms with Crippen LogP contribution >= 0.6 is 0 Å². The largest absolute Gasteiger partial charge is 0.475 e. The van der Waals surface area contributed by atoms with E-state index in [9.17, 15) is 9.90 Å². The molecule has 0 amide bonds. The van der Waals surface area contributed by atoms with Gasteiger partial charge in [-0.1, -0.05) is 13.3 Å². The first-order valence-electron chi connectivity index (χ1n) is 4.88. The lowest BCUT2D eigenvalue weighted by Crippen LogP contribution is -2.18. The van der Waals surface area contributed by atoms with Crippen LogP contribution in [0.2, 0.25) is 0 Å². The number of carbonyl (C=O) groups is 1. The predicted octanol–water partition coefficient (Wildman–Crippen LogP) is 1.55. The van der Waals surface area contributed by atoms with Crippen molar-refractivity contribution < 1.29 is 19.4 Å². The van der Waals surface area contributed by atoms with E-state index in [0.29, 0.717) is 18.8 Å². The van der Waals surface area contributed by atoms with E-state index >= 15 is 0 Å². The molecule has 1 heterocycles. The molecule has 5 heteroatoms. The minimum atomic E-state index is -1.10. The summed E-state index contributed by atoms with van der Waals surface area (Å²) in [6.07, 6.45) is 1.18. The van der Waals surface area contributed by atoms with Crippen molar-refractivity contribution in [3.05, 3.63) is 17.9 Å². The maximum atomic E-state index is 10.5. The molecule has 84 valence electrons. The van der Waals surface area contributed by atoms with Crippen LogP contribution in [-0.2, 0) is 0 Å². The summed E-state index contributed by atoms with van der Waals surface area (Å²) in [4.78, 5) is 10.5. The topological polar surface area (TPSA) is 82.7 Å². The van der Waals surface area contributed by atoms with Crippen LogP contribution in [-0.4, -0.2) is 28.8 Å². The van der Waals surface area contributed by atoms with E-state index in [-0.39, 0.29) is 5.76 Å². The van der Waals surface area contributed by atoms with E-state index in [1.54, 1.807) is 0 Å². The third-order valence-corrected chi connectivity index (χ3v) is 1.95. The standard InChI is InChI=1S/C10H15NO4/c1-2-3-7(12)6-11-9-5-4-8(15-9)10(13)14/h4-5,7,11-12H,2-3,6H2,1H3,(H,13,14). The van der Waals surface area contributed by atoms with Crippen molar-refractivity contribution in [3.63, 3.8) is 0 Å². The van der Waals surface area contributed by atoms with Crippen molar-refractivity contribution in [1.29, 1.82) is 0 Å². The van der Waals surface area contributed by atoms with Gasteiger partial charge in [-0.2, -0.15) is 0 Å². The summed E-state index contributed by atoms with van der Waals surface area (Å²) in [6.45, 7) is 2.35. The normalized spacial score (nSPS) is 12.4. The molecular formula is C10H15NO4. The van der Waals surface area contributed by atoms with Crippen LogP contribution in [0.5, 0.6) is 0 Å². The molecule has 0 fully saturated rings. The van der Waals surface area contributed by atoms with Crippen molar-refractivity contribution in [3.8, 4) is 0 Å². The smallest absolute Gasteiger partial charge is 0.371 e. The minimum Gasteiger partial charge on any atom is -0.475 e. The highest BCUT2D eigenvalue weighted by Gasteiger charge is 2.09. The van der Waals surface area contributed by atoms with E-state index in [1.165, 1.54) is 12.1 Å². The number of rotatable bonds is 6. The highest BCUT2D eigenvalue weighted by Crippen LogP contribution is 2.13. The number of carboxylic acids is 1. The number of aliphatic hydroxyl groups is 1. The number of furan rings is 1. The second-order valence-electron chi connectivity index (χ2n) is 3.29. The Morgan fingerprint density at radius 3 is 2.87 bits per heavy atom. The Kier molecular flexibility index (Phi) is 4.17. The molecule has 0 spiro atoms. The van der Waals surface area contributed by atoms with Gasteiger partial charge in [0.15, 0.2) is 5.88 Å². The molecule has 0 aliphatic carbocycles. The van der Waals surface area contributed by atoms with Gasteiger partial charge in [0.25, 0.3) is 0 Å². The van der Waals surface area contributed by atoms with Crippen LogP contribution in [0, 0.1) is 0 Å². The van der Waals surface area contributed by atoms with Crippen LogP contribution in [0.1, 0.15) is 30.3 Å². The van der Waals surface area contributed by atoms with Gasteiger partial charge >= 0.3 is 5.97 Å². The van der Waals surface area contributed by atoms with Gasteiger partial charge in [-0.05, 0) is 12.5 Å². The molecule has 0 saturated carbocycles. The van der Waals surface area contributed by atoms with E-state index in [0.717, 1.165) is 6.42 Å². The highest BCUT2D eigenvalue weighted by molar-refractivity contribution is 5.84. The Morgan fingerprint density at radius 1 is 1.60 bits per heavy atom. The quantitative estimate of drug-likeness (QED) is 0.667. The van der Waals surface area contributed by atoms with E-state index in [1.807, 2.05) is 6.92 Å². The molecule has 1 aromatic rings. The SMILES string of the molecule is CCCC(O)CNc1ccc(C(=O)O)o1. The number of aromatic carboxylic acids is 1. The Morgan fingerprint density at radius 2 is 2.33 bits per heavy atom. The first kappa shape index (κ1) is 11.6. The Bertz CT molecular complexity index is 321. The van der Waals surface area contributed by atoms with Crippen LogP contribution in [0.25, 0.3) is 0 Å². The number of hydrogen-bond donors (Lipinski definition) is 3. The van der Waals surface area contributed by atoms with E-state index in [4.69, 9.17) is 9.52 Å². The first-order chi connectivity index (χ1) is 7.13. The monoisotopic (exact) mass is 213 g/mol. The zero-order valence-electron chi connectivity index (χ0n) is 8.56. The van der Waals surface area contributed by atoms with Crippen LogP contribution in [0.15, 0.2) is 16.5 Å². The van der Waals surface area contributed by atoms with Crippen molar-refractivity contribution in [2.24, 2.45) is 0 Å². The molecule has 0 bridgehead atoms. The van der Waals surface area contributed by atoms with Gasteiger partial charge in [-0.15, -0.1) is 0 Å². The number of carboxylic acid groups (broad SMARTS) is 1. The van der Waals surface area contributed by atoms with Crippen molar-refractivity contribution in [2.75, 3.05) is 11.9 Å². The molecule has 0 radical (unpaired) electrons. The van der Waals surface area contributed by atoms with Gasteiger partial charge in [0.05, 0.1) is 6.10 Å². The zero-order valence-corrected chi connectivity index (χ0v) is 8.56. The molecule has 5 nitrogen and oxygen atoms in total. The molecule has 0 aliphatic rings. The van der Waals surface area contributed by atoms with Crippen molar-refractivity contribution in [1.82, 2.24) is 0 Å². The summed E-state index contributed by atoms with van der Waals surface area (Å²) in [5.74, 6) is -0.845. The summed E-state index contributed by atoms with van der Waals surface area (Å²) < 4.78 is 4.95. The third kappa shape index (κ3) is 3.63. The third-order valence-electron chi connectivity index (χ3n) is 1.95. The van der Waals surface area contributed by atoms with Gasteiger partial charge in [0.1, 0.15) is 0 Å². The van der Waals surface area contributed by atoms with Crippen molar-refractivity contribution >= 4 is 11.9 Å². The van der Waals surface area contributed by atoms with Gasteiger partial charge in [-0.3, -0.25) is 0 Å². The second kappa shape index (κ2) is 5.41. The van der Waals surface area contributed by atoms with E-state index in [2.05, 4.69) is 5.32 Å². The summed E-state index contributed by atoms with van der Waals surface area (Å²) in [5.41, 5.74) is 0. The van der Waals surface area contributed by atoms with Crippen LogP contribution in [0.4, 0.5) is 5.88 Å². The number of hydrogen-bond acceptors (Lipinski definition) is 4. The minimum absolute atomic E-state index is 0.109. The van der Waals surface area contributed by atoms with E-state index < -0.39 is 12.1 Å². The zero-order chi connectivity index (χ0) is 11.3. The Labute approximate surface area is 87.7 Å². The summed E-state index contributed by atoms with van der Waals surface area (Å²) in [6, 6.07) is 2.90. The molecular weight excluding hydrogens is 198 g/mol. The van der Waals surface area contributed by atoms with Crippen LogP contribution < -0.4 is 5.32 Å². The molecule has 3 N–H and O–H groups in total. The van der Waals surface area contributed by atoms with Gasteiger partial charge < -0.3 is 19.9 Å². The van der Waals surface area contributed by atoms with Crippen molar-refractivity contribution in [2.45, 2.75) is 25.9 Å². The number of nitrogens with one attached hydrogen (secondary N) is 1. The average molecular weight is 213 g/mol. The summed E-state index contributed by atoms with van der Waals surface area (Å²) in [7, 11) is 0.